The van der Waals surface area contributed by atoms with Crippen molar-refractivity contribution in [1.29, 1.82) is 0 Å². The molecule has 0 spiro atoms. The average Bonchev–Trinajstić information content (AvgIpc) is 2.73. The van der Waals surface area contributed by atoms with Gasteiger partial charge in [-0.05, 0) is 18.4 Å². The number of hydrogen-bond donors (Lipinski definition) is 0. The Morgan fingerprint density at radius 2 is 1.76 bits per heavy atom. The first-order valence-electron chi connectivity index (χ1n) is 5.59. The number of thioether (sulfide) groups is 1. The third kappa shape index (κ3) is 2.52. The van der Waals surface area contributed by atoms with E-state index in [4.69, 9.17) is 0 Å². The molecule has 0 saturated carbocycles. The minimum absolute atomic E-state index is 0.0233. The molecule has 0 unspecified atom stereocenters. The smallest absolute Gasteiger partial charge is 0.190 e. The second-order valence-electron chi connectivity index (χ2n) is 4.92. The first-order valence-corrected chi connectivity index (χ1v) is 6.82. The van der Waals surface area contributed by atoms with E-state index in [-0.39, 0.29) is 5.41 Å². The summed E-state index contributed by atoms with van der Waals surface area (Å²) in [6.45, 7) is 6.38. The molecule has 0 aliphatic carbocycles. The summed E-state index contributed by atoms with van der Waals surface area (Å²) in [7, 11) is 0. The van der Waals surface area contributed by atoms with E-state index in [0.29, 0.717) is 0 Å². The second-order valence-corrected chi connectivity index (χ2v) is 5.69. The normalized spacial score (nSPS) is 11.8. The van der Waals surface area contributed by atoms with Crippen LogP contribution in [0.15, 0.2) is 35.5 Å². The number of rotatable bonds is 2. The molecule has 0 aliphatic rings. The van der Waals surface area contributed by atoms with Crippen LogP contribution >= 0.6 is 11.8 Å². The minimum atomic E-state index is -0.0233. The van der Waals surface area contributed by atoms with Gasteiger partial charge in [0.2, 0.25) is 0 Å². The van der Waals surface area contributed by atoms with Crippen molar-refractivity contribution in [3.05, 3.63) is 36.2 Å². The molecule has 1 aromatic heterocycles. The van der Waals surface area contributed by atoms with Crippen molar-refractivity contribution in [1.82, 2.24) is 14.8 Å². The topological polar surface area (TPSA) is 30.7 Å². The van der Waals surface area contributed by atoms with Crippen LogP contribution in [-0.2, 0) is 5.41 Å². The number of nitrogens with zero attached hydrogens (tertiary/aromatic N) is 3. The largest absolute Gasteiger partial charge is 0.208 e. The van der Waals surface area contributed by atoms with E-state index >= 15 is 0 Å². The van der Waals surface area contributed by atoms with Crippen LogP contribution in [0.2, 0.25) is 0 Å². The molecule has 3 nitrogen and oxygen atoms in total. The Labute approximate surface area is 106 Å². The molecule has 0 bridgehead atoms. The van der Waals surface area contributed by atoms with Crippen molar-refractivity contribution in [2.24, 2.45) is 0 Å². The van der Waals surface area contributed by atoms with E-state index in [0.717, 1.165) is 16.7 Å². The van der Waals surface area contributed by atoms with Gasteiger partial charge in [0.15, 0.2) is 11.0 Å². The Balaban J connectivity index is 2.51. The lowest BCUT2D eigenvalue weighted by atomic mass is 9.96. The van der Waals surface area contributed by atoms with E-state index in [1.165, 1.54) is 0 Å². The van der Waals surface area contributed by atoms with Crippen LogP contribution < -0.4 is 0 Å². The fraction of sp³-hybridized carbons (Fsp3) is 0.385. The fourth-order valence-corrected chi connectivity index (χ4v) is 1.98. The average molecular weight is 247 g/mol. The maximum atomic E-state index is 4.61. The Kier molecular flexibility index (Phi) is 3.24. The maximum Gasteiger partial charge on any atom is 0.190 e. The van der Waals surface area contributed by atoms with Gasteiger partial charge in [-0.3, -0.25) is 0 Å². The lowest BCUT2D eigenvalue weighted by Crippen LogP contribution is -2.14. The van der Waals surface area contributed by atoms with E-state index in [1.807, 2.05) is 41.3 Å². The Morgan fingerprint density at radius 3 is 2.29 bits per heavy atom. The number of hydrogen-bond acceptors (Lipinski definition) is 3. The third-order valence-electron chi connectivity index (χ3n) is 2.43. The van der Waals surface area contributed by atoms with E-state index < -0.39 is 0 Å². The monoisotopic (exact) mass is 247 g/mol. The van der Waals surface area contributed by atoms with Crippen molar-refractivity contribution in [3.8, 4) is 5.69 Å². The van der Waals surface area contributed by atoms with Gasteiger partial charge >= 0.3 is 0 Å². The van der Waals surface area contributed by atoms with Crippen LogP contribution in [0.4, 0.5) is 0 Å². The summed E-state index contributed by atoms with van der Waals surface area (Å²) in [5.74, 6) is 0.880. The van der Waals surface area contributed by atoms with Gasteiger partial charge in [-0.25, -0.2) is 9.67 Å². The van der Waals surface area contributed by atoms with Gasteiger partial charge in [0.05, 0.1) is 5.69 Å². The van der Waals surface area contributed by atoms with Crippen LogP contribution in [0, 0.1) is 0 Å². The molecule has 0 aliphatic heterocycles. The predicted molar refractivity (Wildman–Crippen MR) is 71.8 cm³/mol. The quantitative estimate of drug-likeness (QED) is 0.763. The Morgan fingerprint density at radius 1 is 1.12 bits per heavy atom. The Hall–Kier alpha value is -1.29. The summed E-state index contributed by atoms with van der Waals surface area (Å²) in [6, 6.07) is 10.1. The highest BCUT2D eigenvalue weighted by Crippen LogP contribution is 2.24. The van der Waals surface area contributed by atoms with Gasteiger partial charge in [-0.1, -0.05) is 50.7 Å². The van der Waals surface area contributed by atoms with Crippen LogP contribution in [0.25, 0.3) is 5.69 Å². The van der Waals surface area contributed by atoms with Crippen molar-refractivity contribution < 1.29 is 0 Å². The summed E-state index contributed by atoms with van der Waals surface area (Å²) in [5, 5.41) is 5.54. The first-order chi connectivity index (χ1) is 8.02. The zero-order chi connectivity index (χ0) is 12.5. The van der Waals surface area contributed by atoms with Crippen molar-refractivity contribution >= 4 is 11.8 Å². The molecule has 4 heteroatoms. The molecule has 0 radical (unpaired) electrons. The van der Waals surface area contributed by atoms with Crippen LogP contribution in [0.3, 0.4) is 0 Å². The molecule has 0 amide bonds. The third-order valence-corrected chi connectivity index (χ3v) is 3.06. The van der Waals surface area contributed by atoms with Gasteiger partial charge in [-0.2, -0.15) is 0 Å². The van der Waals surface area contributed by atoms with Gasteiger partial charge in [0.1, 0.15) is 0 Å². The summed E-state index contributed by atoms with van der Waals surface area (Å²) < 4.78 is 1.91. The molecule has 90 valence electrons. The molecule has 17 heavy (non-hydrogen) atoms. The minimum Gasteiger partial charge on any atom is -0.208 e. The van der Waals surface area contributed by atoms with Gasteiger partial charge in [0, 0.05) is 5.41 Å². The molecule has 1 heterocycles. The molecule has 1 aromatic carbocycles. The van der Waals surface area contributed by atoms with Gasteiger partial charge in [0.25, 0.3) is 0 Å². The highest BCUT2D eigenvalue weighted by atomic mass is 32.2. The molecule has 2 rings (SSSR count). The lowest BCUT2D eigenvalue weighted by molar-refractivity contribution is 0.543. The summed E-state index contributed by atoms with van der Waals surface area (Å²) in [4.78, 5) is 4.59. The highest BCUT2D eigenvalue weighted by molar-refractivity contribution is 7.98. The zero-order valence-electron chi connectivity index (χ0n) is 10.6. The van der Waals surface area contributed by atoms with Crippen molar-refractivity contribution in [3.63, 3.8) is 0 Å². The summed E-state index contributed by atoms with van der Waals surface area (Å²) in [6.07, 6.45) is 2.02. The highest BCUT2D eigenvalue weighted by Gasteiger charge is 2.21. The zero-order valence-corrected chi connectivity index (χ0v) is 11.5. The van der Waals surface area contributed by atoms with Crippen molar-refractivity contribution in [2.45, 2.75) is 31.3 Å². The number of para-hydroxylation sites is 1. The summed E-state index contributed by atoms with van der Waals surface area (Å²) in [5.41, 5.74) is 1.03. The van der Waals surface area contributed by atoms with Crippen LogP contribution in [-0.4, -0.2) is 21.0 Å². The first kappa shape index (κ1) is 12.2. The Bertz CT molecular complexity index is 497. The number of benzene rings is 1. The molecular weight excluding hydrogens is 230 g/mol. The molecule has 0 fully saturated rings. The van der Waals surface area contributed by atoms with E-state index in [9.17, 15) is 0 Å². The van der Waals surface area contributed by atoms with E-state index in [2.05, 4.69) is 30.9 Å². The van der Waals surface area contributed by atoms with Crippen molar-refractivity contribution in [2.75, 3.05) is 6.26 Å². The fourth-order valence-electron chi connectivity index (χ4n) is 1.48. The lowest BCUT2D eigenvalue weighted by Gasteiger charge is -2.12. The molecular formula is C13H17N3S. The molecule has 0 saturated heterocycles. The molecule has 0 atom stereocenters. The summed E-state index contributed by atoms with van der Waals surface area (Å²) >= 11 is 1.62. The van der Waals surface area contributed by atoms with E-state index in [1.54, 1.807) is 11.8 Å². The van der Waals surface area contributed by atoms with Crippen LogP contribution in [0.5, 0.6) is 0 Å². The van der Waals surface area contributed by atoms with Gasteiger partial charge < -0.3 is 0 Å². The maximum absolute atomic E-state index is 4.61. The number of aromatic nitrogens is 3. The van der Waals surface area contributed by atoms with Crippen LogP contribution in [0.1, 0.15) is 26.6 Å². The second kappa shape index (κ2) is 4.53. The molecule has 2 aromatic rings. The SMILES string of the molecule is CSc1nc(C(C)(C)C)nn1-c1ccccc1. The molecule has 0 N–H and O–H groups in total. The standard InChI is InChI=1S/C13H17N3S/c1-13(2,3)11-14-12(17-4)16(15-11)10-8-6-5-7-9-10/h5-9H,1-4H3. The van der Waals surface area contributed by atoms with Gasteiger partial charge in [-0.15, -0.1) is 5.10 Å². The predicted octanol–water partition coefficient (Wildman–Crippen LogP) is 3.29.